The normalized spacial score (nSPS) is 11.9. The topological polar surface area (TPSA) is 55.2 Å². The van der Waals surface area contributed by atoms with Gasteiger partial charge in [-0.2, -0.15) is 9.40 Å². The number of benzene rings is 2. The summed E-state index contributed by atoms with van der Waals surface area (Å²) in [4.78, 5) is 0.185. The van der Waals surface area contributed by atoms with E-state index in [1.54, 1.807) is 25.2 Å². The van der Waals surface area contributed by atoms with Crippen molar-refractivity contribution in [2.45, 2.75) is 31.8 Å². The number of aromatic nitrogens is 2. The summed E-state index contributed by atoms with van der Waals surface area (Å²) < 4.78 is 29.0. The van der Waals surface area contributed by atoms with E-state index in [9.17, 15) is 8.42 Å². The average Bonchev–Trinajstić information content (AvgIpc) is 2.90. The van der Waals surface area contributed by atoms with Crippen LogP contribution in [0, 0.1) is 13.8 Å². The molecule has 2 aromatic carbocycles. The van der Waals surface area contributed by atoms with E-state index in [1.807, 2.05) is 48.9 Å². The van der Waals surface area contributed by atoms with Crippen LogP contribution in [0.15, 0.2) is 59.5 Å². The minimum absolute atomic E-state index is 0.185. The van der Waals surface area contributed by atoms with Gasteiger partial charge in [0.1, 0.15) is 0 Å². The summed E-state index contributed by atoms with van der Waals surface area (Å²) in [6.45, 7) is 4.78. The van der Waals surface area contributed by atoms with Crippen LogP contribution in [0.4, 0.5) is 0 Å². The number of hydrogen-bond donors (Lipinski definition) is 0. The molecule has 0 aliphatic heterocycles. The van der Waals surface area contributed by atoms with Crippen molar-refractivity contribution in [2.24, 2.45) is 0 Å². The average molecular weight is 404 g/mol. The Morgan fingerprint density at radius 1 is 1.07 bits per heavy atom. The summed E-state index contributed by atoms with van der Waals surface area (Å²) in [6, 6.07) is 16.4. The van der Waals surface area contributed by atoms with Gasteiger partial charge in [0.2, 0.25) is 10.0 Å². The van der Waals surface area contributed by atoms with E-state index in [4.69, 9.17) is 11.6 Å². The Morgan fingerprint density at radius 3 is 2.44 bits per heavy atom. The van der Waals surface area contributed by atoms with Crippen LogP contribution in [-0.4, -0.2) is 29.6 Å². The highest BCUT2D eigenvalue weighted by molar-refractivity contribution is 7.89. The van der Waals surface area contributed by atoms with Gasteiger partial charge < -0.3 is 0 Å². The van der Waals surface area contributed by atoms with E-state index in [0.717, 1.165) is 22.5 Å². The predicted molar refractivity (Wildman–Crippen MR) is 107 cm³/mol. The van der Waals surface area contributed by atoms with Gasteiger partial charge in [0.15, 0.2) is 0 Å². The molecule has 5 nitrogen and oxygen atoms in total. The number of nitrogens with zero attached hydrogens (tertiary/aromatic N) is 3. The second-order valence-corrected chi connectivity index (χ2v) is 8.99. The molecule has 1 heterocycles. The summed E-state index contributed by atoms with van der Waals surface area (Å²) in [5.41, 5.74) is 3.86. The first-order chi connectivity index (χ1) is 12.8. The number of halogens is 1. The molecule has 0 saturated heterocycles. The minimum Gasteiger partial charge on any atom is -0.265 e. The van der Waals surface area contributed by atoms with Crippen LogP contribution < -0.4 is 0 Å². The molecular weight excluding hydrogens is 382 g/mol. The maximum absolute atomic E-state index is 12.8. The van der Waals surface area contributed by atoms with Gasteiger partial charge in [-0.05, 0) is 37.6 Å². The third-order valence-electron chi connectivity index (χ3n) is 4.59. The zero-order valence-electron chi connectivity index (χ0n) is 15.6. The summed E-state index contributed by atoms with van der Waals surface area (Å²) in [7, 11) is -2.06. The van der Waals surface area contributed by atoms with Gasteiger partial charge in [0, 0.05) is 29.9 Å². The molecule has 142 valence electrons. The molecular formula is C20H22ClN3O2S. The first-order valence-corrected chi connectivity index (χ1v) is 10.4. The van der Waals surface area contributed by atoms with Crippen LogP contribution in [0.5, 0.6) is 0 Å². The Labute approximate surface area is 165 Å². The van der Waals surface area contributed by atoms with Gasteiger partial charge in [0.05, 0.1) is 17.1 Å². The third-order valence-corrected chi connectivity index (χ3v) is 6.63. The van der Waals surface area contributed by atoms with Gasteiger partial charge in [-0.15, -0.1) is 0 Å². The van der Waals surface area contributed by atoms with Gasteiger partial charge >= 0.3 is 0 Å². The quantitative estimate of drug-likeness (QED) is 0.624. The van der Waals surface area contributed by atoms with Crippen molar-refractivity contribution >= 4 is 21.6 Å². The van der Waals surface area contributed by atoms with E-state index < -0.39 is 10.0 Å². The first-order valence-electron chi connectivity index (χ1n) is 8.58. The van der Waals surface area contributed by atoms with Crippen LogP contribution in [0.1, 0.15) is 22.5 Å². The van der Waals surface area contributed by atoms with E-state index in [2.05, 4.69) is 5.10 Å². The standard InChI is InChI=1S/C20H22ClN3O2S/c1-15-20(16(2)24(22-15)13-17-8-5-4-6-9-17)14-23(3)27(25,26)19-11-7-10-18(21)12-19/h4-12H,13-14H2,1-3H3. The molecule has 0 radical (unpaired) electrons. The van der Waals surface area contributed by atoms with E-state index in [-0.39, 0.29) is 11.4 Å². The SMILES string of the molecule is Cc1nn(Cc2ccccc2)c(C)c1CN(C)S(=O)(=O)c1cccc(Cl)c1. The molecule has 0 aliphatic carbocycles. The van der Waals surface area contributed by atoms with Crippen LogP contribution in [0.2, 0.25) is 5.02 Å². The van der Waals surface area contributed by atoms with Crippen molar-refractivity contribution in [3.63, 3.8) is 0 Å². The van der Waals surface area contributed by atoms with Gasteiger partial charge in [0.25, 0.3) is 0 Å². The highest BCUT2D eigenvalue weighted by Gasteiger charge is 2.24. The summed E-state index contributed by atoms with van der Waals surface area (Å²) >= 11 is 5.95. The smallest absolute Gasteiger partial charge is 0.243 e. The van der Waals surface area contributed by atoms with Gasteiger partial charge in [-0.3, -0.25) is 4.68 Å². The summed E-state index contributed by atoms with van der Waals surface area (Å²) in [5.74, 6) is 0. The van der Waals surface area contributed by atoms with E-state index in [1.165, 1.54) is 10.4 Å². The van der Waals surface area contributed by atoms with Crippen molar-refractivity contribution in [3.8, 4) is 0 Å². The first kappa shape index (κ1) is 19.6. The van der Waals surface area contributed by atoms with E-state index in [0.29, 0.717) is 11.6 Å². The molecule has 0 fully saturated rings. The number of rotatable bonds is 6. The molecule has 0 bridgehead atoms. The second kappa shape index (κ2) is 7.84. The fourth-order valence-corrected chi connectivity index (χ4v) is 4.43. The minimum atomic E-state index is -3.63. The molecule has 0 aliphatic rings. The van der Waals surface area contributed by atoms with Crippen LogP contribution in [0.25, 0.3) is 0 Å². The lowest BCUT2D eigenvalue weighted by Gasteiger charge is -2.18. The Kier molecular flexibility index (Phi) is 5.69. The lowest BCUT2D eigenvalue weighted by Crippen LogP contribution is -2.27. The molecule has 0 N–H and O–H groups in total. The molecule has 7 heteroatoms. The molecule has 1 aromatic heterocycles. The van der Waals surface area contributed by atoms with Crippen molar-refractivity contribution < 1.29 is 8.42 Å². The number of hydrogen-bond acceptors (Lipinski definition) is 3. The molecule has 3 aromatic rings. The molecule has 0 amide bonds. The molecule has 3 rings (SSSR count). The monoisotopic (exact) mass is 403 g/mol. The van der Waals surface area contributed by atoms with E-state index >= 15 is 0 Å². The van der Waals surface area contributed by atoms with Gasteiger partial charge in [-0.1, -0.05) is 48.0 Å². The maximum Gasteiger partial charge on any atom is 0.243 e. The zero-order valence-corrected chi connectivity index (χ0v) is 17.1. The lowest BCUT2D eigenvalue weighted by molar-refractivity contribution is 0.465. The van der Waals surface area contributed by atoms with Crippen molar-refractivity contribution in [1.82, 2.24) is 14.1 Å². The summed E-state index contributed by atoms with van der Waals surface area (Å²) in [6.07, 6.45) is 0. The van der Waals surface area contributed by atoms with Crippen LogP contribution in [0.3, 0.4) is 0 Å². The Hall–Kier alpha value is -2.15. The van der Waals surface area contributed by atoms with Gasteiger partial charge in [-0.25, -0.2) is 8.42 Å². The molecule has 0 atom stereocenters. The molecule has 27 heavy (non-hydrogen) atoms. The summed E-state index contributed by atoms with van der Waals surface area (Å²) in [5, 5.41) is 5.00. The largest absolute Gasteiger partial charge is 0.265 e. The predicted octanol–water partition coefficient (Wildman–Crippen LogP) is 4.02. The van der Waals surface area contributed by atoms with Crippen LogP contribution in [-0.2, 0) is 23.1 Å². The lowest BCUT2D eigenvalue weighted by atomic mass is 10.2. The zero-order chi connectivity index (χ0) is 19.6. The Morgan fingerprint density at radius 2 is 1.78 bits per heavy atom. The molecule has 0 spiro atoms. The highest BCUT2D eigenvalue weighted by atomic mass is 35.5. The Balaban J connectivity index is 1.85. The Bertz CT molecular complexity index is 1050. The number of aryl methyl sites for hydroxylation is 1. The second-order valence-electron chi connectivity index (χ2n) is 6.51. The maximum atomic E-state index is 12.8. The number of sulfonamides is 1. The fourth-order valence-electron chi connectivity index (χ4n) is 2.99. The van der Waals surface area contributed by atoms with Crippen molar-refractivity contribution in [1.29, 1.82) is 0 Å². The highest BCUT2D eigenvalue weighted by Crippen LogP contribution is 2.23. The van der Waals surface area contributed by atoms with Crippen molar-refractivity contribution in [2.75, 3.05) is 7.05 Å². The van der Waals surface area contributed by atoms with Crippen LogP contribution >= 0.6 is 11.6 Å². The third kappa shape index (κ3) is 4.24. The molecule has 0 saturated carbocycles. The fraction of sp³-hybridized carbons (Fsp3) is 0.250. The van der Waals surface area contributed by atoms with Crippen molar-refractivity contribution in [3.05, 3.63) is 82.1 Å². The molecule has 0 unspecified atom stereocenters.